The van der Waals surface area contributed by atoms with Gasteiger partial charge in [-0.15, -0.1) is 0 Å². The van der Waals surface area contributed by atoms with Gasteiger partial charge in [-0.05, 0) is 31.5 Å². The second-order valence-corrected chi connectivity index (χ2v) is 6.03. The van der Waals surface area contributed by atoms with E-state index in [1.54, 1.807) is 12.1 Å². The normalized spacial score (nSPS) is 11.5. The van der Waals surface area contributed by atoms with Crippen LogP contribution in [0.2, 0.25) is 10.0 Å². The third kappa shape index (κ3) is 4.88. The van der Waals surface area contributed by atoms with Crippen LogP contribution >= 0.6 is 34.7 Å². The molecule has 0 fully saturated rings. The number of halogens is 2. The van der Waals surface area contributed by atoms with Gasteiger partial charge in [0.15, 0.2) is 5.82 Å². The van der Waals surface area contributed by atoms with E-state index in [0.29, 0.717) is 21.0 Å². The Morgan fingerprint density at radius 2 is 2.14 bits per heavy atom. The highest BCUT2D eigenvalue weighted by atomic mass is 35.5. The lowest BCUT2D eigenvalue weighted by Gasteiger charge is -2.03. The van der Waals surface area contributed by atoms with E-state index in [9.17, 15) is 0 Å². The van der Waals surface area contributed by atoms with Crippen molar-refractivity contribution in [1.29, 1.82) is 0 Å². The number of hydrogen-bond acceptors (Lipinski definition) is 5. The van der Waals surface area contributed by atoms with Crippen molar-refractivity contribution in [1.82, 2.24) is 14.7 Å². The van der Waals surface area contributed by atoms with E-state index in [0.717, 1.165) is 24.4 Å². The molecule has 2 N–H and O–H groups in total. The zero-order valence-electron chi connectivity index (χ0n) is 11.8. The van der Waals surface area contributed by atoms with Crippen molar-refractivity contribution in [2.45, 2.75) is 20.3 Å². The highest BCUT2D eigenvalue weighted by Crippen LogP contribution is 2.27. The Morgan fingerprint density at radius 3 is 2.86 bits per heavy atom. The molecule has 1 aromatic heterocycles. The summed E-state index contributed by atoms with van der Waals surface area (Å²) in [5.41, 5.74) is 1.88. The Bertz CT molecular complexity index is 640. The molecule has 0 saturated carbocycles. The molecule has 21 heavy (non-hydrogen) atoms. The van der Waals surface area contributed by atoms with Crippen LogP contribution in [0.15, 0.2) is 23.9 Å². The Balaban J connectivity index is 2.04. The summed E-state index contributed by atoms with van der Waals surface area (Å²) in [7, 11) is 0. The summed E-state index contributed by atoms with van der Waals surface area (Å²) in [4.78, 5) is 4.41. The molecule has 0 bridgehead atoms. The molecule has 0 spiro atoms. The number of nitrogens with zero attached hydrogens (tertiary/aromatic N) is 2. The van der Waals surface area contributed by atoms with Crippen molar-refractivity contribution in [2.24, 2.45) is 0 Å². The summed E-state index contributed by atoms with van der Waals surface area (Å²) in [6, 6.07) is 5.35. The number of aromatic nitrogens is 2. The minimum Gasteiger partial charge on any atom is -0.388 e. The van der Waals surface area contributed by atoms with E-state index in [1.165, 1.54) is 11.5 Å². The number of allylic oxidation sites excluding steroid dienone is 1. The molecule has 0 amide bonds. The van der Waals surface area contributed by atoms with Crippen LogP contribution in [0.5, 0.6) is 0 Å². The summed E-state index contributed by atoms with van der Waals surface area (Å²) in [6.07, 6.45) is 3.01. The van der Waals surface area contributed by atoms with Gasteiger partial charge in [0.2, 0.25) is 5.13 Å². The number of rotatable bonds is 6. The maximum atomic E-state index is 5.98. The van der Waals surface area contributed by atoms with Crippen LogP contribution in [-0.4, -0.2) is 15.9 Å². The minimum absolute atomic E-state index is 0.505. The van der Waals surface area contributed by atoms with Crippen molar-refractivity contribution in [3.05, 3.63) is 39.8 Å². The van der Waals surface area contributed by atoms with Gasteiger partial charge in [0.05, 0.1) is 10.0 Å². The van der Waals surface area contributed by atoms with E-state index >= 15 is 0 Å². The molecule has 112 valence electrons. The molecule has 0 atom stereocenters. The molecule has 0 aliphatic carbocycles. The molecular weight excluding hydrogens is 327 g/mol. The third-order valence-electron chi connectivity index (χ3n) is 2.61. The predicted octanol–water partition coefficient (Wildman–Crippen LogP) is 4.95. The maximum Gasteiger partial charge on any atom is 0.207 e. The molecule has 0 aliphatic heterocycles. The van der Waals surface area contributed by atoms with Gasteiger partial charge in [-0.1, -0.05) is 30.1 Å². The Kier molecular flexibility index (Phi) is 5.85. The van der Waals surface area contributed by atoms with Gasteiger partial charge in [-0.25, -0.2) is 0 Å². The van der Waals surface area contributed by atoms with Gasteiger partial charge in [0.25, 0.3) is 0 Å². The fourth-order valence-electron chi connectivity index (χ4n) is 1.61. The summed E-state index contributed by atoms with van der Waals surface area (Å²) in [5, 5.41) is 8.19. The predicted molar refractivity (Wildman–Crippen MR) is 91.6 cm³/mol. The summed E-state index contributed by atoms with van der Waals surface area (Å²) in [6.45, 7) is 5.07. The van der Waals surface area contributed by atoms with Crippen LogP contribution < -0.4 is 10.6 Å². The van der Waals surface area contributed by atoms with Crippen LogP contribution in [0.1, 0.15) is 26.1 Å². The minimum atomic E-state index is 0.505. The van der Waals surface area contributed by atoms with E-state index < -0.39 is 0 Å². The topological polar surface area (TPSA) is 49.8 Å². The summed E-state index contributed by atoms with van der Waals surface area (Å²) >= 11 is 13.2. The quantitative estimate of drug-likeness (QED) is 0.779. The molecule has 2 rings (SSSR count). The largest absolute Gasteiger partial charge is 0.388 e. The molecule has 0 unspecified atom stereocenters. The van der Waals surface area contributed by atoms with Crippen molar-refractivity contribution in [2.75, 3.05) is 11.9 Å². The molecule has 2 aromatic rings. The first-order chi connectivity index (χ1) is 10.1. The number of benzene rings is 1. The average molecular weight is 343 g/mol. The molecule has 0 radical (unpaired) electrons. The zero-order chi connectivity index (χ0) is 15.2. The standard InChI is InChI=1S/C14H16Cl2N4S/c1-3-6-17-9(2)7-13-19-14(21-20-13)18-10-4-5-11(15)12(16)8-10/h4-5,7-8,17H,3,6H2,1-2H3,(H,18,19,20)/b9-7+. The van der Waals surface area contributed by atoms with Gasteiger partial charge >= 0.3 is 0 Å². The van der Waals surface area contributed by atoms with Gasteiger partial charge in [0.1, 0.15) is 0 Å². The van der Waals surface area contributed by atoms with Crippen LogP contribution in [0, 0.1) is 0 Å². The van der Waals surface area contributed by atoms with Crippen molar-refractivity contribution < 1.29 is 0 Å². The molecule has 0 aliphatic rings. The molecular formula is C14H16Cl2N4S. The molecule has 7 heteroatoms. The molecule has 1 heterocycles. The first-order valence-electron chi connectivity index (χ1n) is 6.56. The van der Waals surface area contributed by atoms with E-state index in [2.05, 4.69) is 26.9 Å². The van der Waals surface area contributed by atoms with Crippen LogP contribution in [0.4, 0.5) is 10.8 Å². The highest BCUT2D eigenvalue weighted by Gasteiger charge is 2.04. The van der Waals surface area contributed by atoms with Gasteiger partial charge in [-0.2, -0.15) is 9.36 Å². The van der Waals surface area contributed by atoms with Gasteiger partial charge < -0.3 is 10.6 Å². The third-order valence-corrected chi connectivity index (χ3v) is 4.00. The lowest BCUT2D eigenvalue weighted by atomic mass is 10.3. The van der Waals surface area contributed by atoms with Crippen molar-refractivity contribution in [3.63, 3.8) is 0 Å². The number of anilines is 2. The van der Waals surface area contributed by atoms with Crippen molar-refractivity contribution in [3.8, 4) is 0 Å². The van der Waals surface area contributed by atoms with Crippen LogP contribution in [-0.2, 0) is 0 Å². The molecule has 1 aromatic carbocycles. The Hall–Kier alpha value is -1.30. The van der Waals surface area contributed by atoms with E-state index in [4.69, 9.17) is 23.2 Å². The fourth-order valence-corrected chi connectivity index (χ4v) is 2.48. The second kappa shape index (κ2) is 7.64. The average Bonchev–Trinajstić information content (AvgIpc) is 2.88. The Morgan fingerprint density at radius 1 is 1.33 bits per heavy atom. The monoisotopic (exact) mass is 342 g/mol. The van der Waals surface area contributed by atoms with Crippen LogP contribution in [0.3, 0.4) is 0 Å². The van der Waals surface area contributed by atoms with Crippen molar-refractivity contribution >= 4 is 51.6 Å². The Labute approximate surface area is 138 Å². The van der Waals surface area contributed by atoms with Gasteiger partial charge in [0, 0.05) is 35.5 Å². The lowest BCUT2D eigenvalue weighted by Crippen LogP contribution is -2.11. The van der Waals surface area contributed by atoms with Gasteiger partial charge in [-0.3, -0.25) is 0 Å². The fraction of sp³-hybridized carbons (Fsp3) is 0.286. The first kappa shape index (κ1) is 16.1. The van der Waals surface area contributed by atoms with Crippen LogP contribution in [0.25, 0.3) is 6.08 Å². The lowest BCUT2D eigenvalue weighted by molar-refractivity contribution is 0.773. The number of nitrogens with one attached hydrogen (secondary N) is 2. The first-order valence-corrected chi connectivity index (χ1v) is 8.09. The smallest absolute Gasteiger partial charge is 0.207 e. The summed E-state index contributed by atoms with van der Waals surface area (Å²) < 4.78 is 4.29. The summed E-state index contributed by atoms with van der Waals surface area (Å²) in [5.74, 6) is 0.684. The maximum absolute atomic E-state index is 5.98. The van der Waals surface area contributed by atoms with E-state index in [1.807, 2.05) is 19.1 Å². The zero-order valence-corrected chi connectivity index (χ0v) is 14.1. The SMILES string of the molecule is CCCN/C(C)=C/c1nsc(Nc2ccc(Cl)c(Cl)c2)n1. The van der Waals surface area contributed by atoms with E-state index in [-0.39, 0.29) is 0 Å². The molecule has 0 saturated heterocycles. The highest BCUT2D eigenvalue weighted by molar-refractivity contribution is 7.09. The number of hydrogen-bond donors (Lipinski definition) is 2. The molecule has 4 nitrogen and oxygen atoms in total. The second-order valence-electron chi connectivity index (χ2n) is 4.47.